The van der Waals surface area contributed by atoms with Crippen molar-refractivity contribution < 1.29 is 52.1 Å². The van der Waals surface area contributed by atoms with Crippen LogP contribution in [0.1, 0.15) is 82.6 Å². The molecule has 7 atom stereocenters. The Labute approximate surface area is 374 Å². The number of carbonyl (C=O) groups excluding carboxylic acids is 1. The molecule has 2 fully saturated rings. The van der Waals surface area contributed by atoms with Crippen molar-refractivity contribution >= 4 is 33.0 Å². The third-order valence-corrected chi connectivity index (χ3v) is 14.5. The maximum atomic E-state index is 14.9. The lowest BCUT2D eigenvalue weighted by molar-refractivity contribution is -0.384. The highest BCUT2D eigenvalue weighted by molar-refractivity contribution is 7.89. The second kappa shape index (κ2) is 20.8. The van der Waals surface area contributed by atoms with Crippen LogP contribution < -0.4 is 14.8 Å². The van der Waals surface area contributed by atoms with Crippen LogP contribution >= 0.6 is 0 Å². The van der Waals surface area contributed by atoms with Crippen LogP contribution in [-0.4, -0.2) is 91.1 Å². The van der Waals surface area contributed by atoms with Crippen LogP contribution in [0.25, 0.3) is 0 Å². The third kappa shape index (κ3) is 10.0. The fourth-order valence-corrected chi connectivity index (χ4v) is 11.1. The molecule has 7 rings (SSSR count). The summed E-state index contributed by atoms with van der Waals surface area (Å²) in [4.78, 5) is 29.1. The van der Waals surface area contributed by atoms with E-state index in [1.807, 2.05) is 6.07 Å². The number of nitro groups is 1. The molecule has 4 aliphatic rings. The van der Waals surface area contributed by atoms with Crippen LogP contribution in [0.5, 0.6) is 17.2 Å². The topological polar surface area (TPSA) is 209 Å². The minimum atomic E-state index is -4.29. The van der Waals surface area contributed by atoms with Crippen molar-refractivity contribution in [3.05, 3.63) is 107 Å². The SMILES string of the molecule is C=CCOC12Oc3ccc(Oc4cccc([N+](=O)[O-])c4)cc3C3C(CCCCO)C(CCCCO)C=C(C(=NOC4CCCCO4)CC1N(C)S(=O)(=O)c1ccc(NC(C)=O)cc1)C32. The van der Waals surface area contributed by atoms with Gasteiger partial charge in [0.15, 0.2) is 0 Å². The van der Waals surface area contributed by atoms with Crippen molar-refractivity contribution in [2.24, 2.45) is 22.9 Å². The number of allylic oxidation sites excluding steroid dienone is 1. The number of aliphatic hydroxyl groups is 2. The second-order valence-corrected chi connectivity index (χ2v) is 18.8. The van der Waals surface area contributed by atoms with E-state index in [4.69, 9.17) is 28.9 Å². The van der Waals surface area contributed by atoms with E-state index in [1.165, 1.54) is 54.7 Å². The predicted molar refractivity (Wildman–Crippen MR) is 238 cm³/mol. The van der Waals surface area contributed by atoms with Crippen molar-refractivity contribution in [3.63, 3.8) is 0 Å². The van der Waals surface area contributed by atoms with Gasteiger partial charge in [-0.3, -0.25) is 14.9 Å². The van der Waals surface area contributed by atoms with Gasteiger partial charge in [0.25, 0.3) is 5.69 Å². The number of aliphatic hydroxyl groups excluding tert-OH is 2. The number of anilines is 1. The molecule has 1 saturated heterocycles. The van der Waals surface area contributed by atoms with Crippen LogP contribution in [-0.2, 0) is 29.1 Å². The van der Waals surface area contributed by atoms with Gasteiger partial charge in [0, 0.05) is 63.3 Å². The molecule has 2 aliphatic heterocycles. The molecule has 1 amide bonds. The molecule has 1 saturated carbocycles. The third-order valence-electron chi connectivity index (χ3n) is 12.6. The van der Waals surface area contributed by atoms with Crippen LogP contribution in [0.2, 0.25) is 0 Å². The Hall–Kier alpha value is -5.17. The molecule has 64 heavy (non-hydrogen) atoms. The second-order valence-electron chi connectivity index (χ2n) is 16.8. The maximum Gasteiger partial charge on any atom is 0.273 e. The summed E-state index contributed by atoms with van der Waals surface area (Å²) in [6.45, 7) is 5.91. The van der Waals surface area contributed by atoms with Crippen molar-refractivity contribution in [2.75, 3.05) is 38.8 Å². The zero-order chi connectivity index (χ0) is 45.4. The number of fused-ring (bicyclic) bond motifs is 2. The largest absolute Gasteiger partial charge is 0.460 e. The van der Waals surface area contributed by atoms with Gasteiger partial charge in [-0.25, -0.2) is 8.42 Å². The predicted octanol–water partition coefficient (Wildman–Crippen LogP) is 7.83. The van der Waals surface area contributed by atoms with E-state index in [9.17, 15) is 33.5 Å². The number of oxime groups is 1. The first-order valence-corrected chi connectivity index (χ1v) is 23.5. The van der Waals surface area contributed by atoms with Crippen molar-refractivity contribution in [3.8, 4) is 17.2 Å². The molecule has 16 nitrogen and oxygen atoms in total. The number of hydrogen-bond acceptors (Lipinski definition) is 13. The summed E-state index contributed by atoms with van der Waals surface area (Å²) in [6.07, 6.45) is 9.70. The summed E-state index contributed by atoms with van der Waals surface area (Å²) in [5, 5.41) is 39.0. The first-order chi connectivity index (χ1) is 30.9. The number of amides is 1. The van der Waals surface area contributed by atoms with Crippen LogP contribution in [0.4, 0.5) is 11.4 Å². The number of sulfonamides is 1. The van der Waals surface area contributed by atoms with E-state index in [-0.39, 0.29) is 60.3 Å². The Kier molecular flexibility index (Phi) is 15.2. The lowest BCUT2D eigenvalue weighted by Gasteiger charge is -2.59. The number of rotatable bonds is 20. The smallest absolute Gasteiger partial charge is 0.273 e. The lowest BCUT2D eigenvalue weighted by atomic mass is 9.55. The fourth-order valence-electron chi connectivity index (χ4n) is 9.73. The Balaban J connectivity index is 1.43. The molecule has 344 valence electrons. The van der Waals surface area contributed by atoms with Crippen molar-refractivity contribution in [1.29, 1.82) is 0 Å². The summed E-state index contributed by atoms with van der Waals surface area (Å²) in [7, 11) is -2.79. The highest BCUT2D eigenvalue weighted by Gasteiger charge is 2.65. The summed E-state index contributed by atoms with van der Waals surface area (Å²) < 4.78 is 57.4. The molecule has 0 spiro atoms. The molecule has 3 aromatic rings. The molecule has 17 heteroatoms. The molecule has 2 aliphatic carbocycles. The number of benzene rings is 3. The summed E-state index contributed by atoms with van der Waals surface area (Å²) in [5.41, 5.74) is 2.40. The van der Waals surface area contributed by atoms with Gasteiger partial charge in [-0.2, -0.15) is 4.31 Å². The molecule has 3 aromatic carbocycles. The summed E-state index contributed by atoms with van der Waals surface area (Å²) in [6, 6.07) is 16.2. The van der Waals surface area contributed by atoms with Gasteiger partial charge < -0.3 is 39.3 Å². The van der Waals surface area contributed by atoms with E-state index in [2.05, 4.69) is 18.0 Å². The number of nitrogens with one attached hydrogen (secondary N) is 1. The molecular formula is C47H58N4O12S. The molecule has 0 aromatic heterocycles. The number of hydrogen-bond donors (Lipinski definition) is 3. The number of non-ortho nitro benzene ring substituents is 1. The first kappa shape index (κ1) is 46.8. The van der Waals surface area contributed by atoms with Crippen molar-refractivity contribution in [2.45, 2.75) is 100 Å². The van der Waals surface area contributed by atoms with E-state index in [1.54, 1.807) is 30.3 Å². The average molecular weight is 903 g/mol. The molecule has 0 bridgehead atoms. The van der Waals surface area contributed by atoms with Gasteiger partial charge in [0.2, 0.25) is 28.0 Å². The monoisotopic (exact) mass is 902 g/mol. The fraction of sp³-hybridized carbons (Fsp3) is 0.489. The molecule has 3 N–H and O–H groups in total. The molecule has 7 unspecified atom stereocenters. The minimum absolute atomic E-state index is 0.00358. The zero-order valence-corrected chi connectivity index (χ0v) is 37.1. The van der Waals surface area contributed by atoms with E-state index in [0.717, 1.165) is 36.8 Å². The Bertz CT molecular complexity index is 2320. The molecule has 0 radical (unpaired) electrons. The average Bonchev–Trinajstić information content (AvgIpc) is 3.29. The van der Waals surface area contributed by atoms with E-state index < -0.39 is 44.9 Å². The first-order valence-electron chi connectivity index (χ1n) is 22.0. The van der Waals surface area contributed by atoms with Crippen LogP contribution in [0.3, 0.4) is 0 Å². The van der Waals surface area contributed by atoms with Gasteiger partial charge in [0.1, 0.15) is 17.2 Å². The van der Waals surface area contributed by atoms with Gasteiger partial charge >= 0.3 is 0 Å². The van der Waals surface area contributed by atoms with Gasteiger partial charge in [-0.05, 0) is 104 Å². The highest BCUT2D eigenvalue weighted by Crippen LogP contribution is 2.62. The standard InChI is InChI=1S/C47H58N4O12S/c1-4-25-60-47-43(50(3)64(57,58)37-20-17-33(18-21-37)48-31(2)54)30-41(49-63-44-16-7-10-26-59-44)39-27-32(12-5-8-23-52)38(15-6-9-24-53)45(46(39)47)40-29-36(19-22-42(40)62-47)61-35-14-11-13-34(28-35)51(55)56/h4,11,13-14,17-22,27-29,32,38,43-46,52-53H,1,5-10,12,15-16,23-26,30H2,2-3H3,(H,48,54). The number of carbonyl (C=O) groups is 1. The lowest BCUT2D eigenvalue weighted by Crippen LogP contribution is -2.69. The van der Waals surface area contributed by atoms with E-state index >= 15 is 0 Å². The van der Waals surface area contributed by atoms with E-state index in [0.29, 0.717) is 61.6 Å². The quantitative estimate of drug-likeness (QED) is 0.0429. The Morgan fingerprint density at radius 2 is 1.80 bits per heavy atom. The molecular weight excluding hydrogens is 845 g/mol. The van der Waals surface area contributed by atoms with Gasteiger partial charge in [-0.15, -0.1) is 6.58 Å². The Morgan fingerprint density at radius 1 is 1.05 bits per heavy atom. The summed E-state index contributed by atoms with van der Waals surface area (Å²) in [5.74, 6) is -2.09. The van der Waals surface area contributed by atoms with Gasteiger partial charge in [-0.1, -0.05) is 36.2 Å². The summed E-state index contributed by atoms with van der Waals surface area (Å²) >= 11 is 0. The van der Waals surface area contributed by atoms with Crippen molar-refractivity contribution in [1.82, 2.24) is 4.31 Å². The number of ether oxygens (including phenoxy) is 4. The number of unbranched alkanes of at least 4 members (excludes halogenated alkanes) is 2. The number of nitro benzene ring substituents is 1. The highest BCUT2D eigenvalue weighted by atomic mass is 32.2. The van der Waals surface area contributed by atoms with Crippen LogP contribution in [0, 0.1) is 27.9 Å². The number of likely N-dealkylation sites (N-methyl/N-ethyl adjacent to an activating group) is 1. The normalized spacial score (nSPS) is 25.6. The maximum absolute atomic E-state index is 14.9. The van der Waals surface area contributed by atoms with Crippen LogP contribution in [0.15, 0.2) is 101 Å². The Morgan fingerprint density at radius 3 is 2.48 bits per heavy atom. The van der Waals surface area contributed by atoms with Gasteiger partial charge in [0.05, 0.1) is 46.8 Å². The molecule has 2 heterocycles. The zero-order valence-electron chi connectivity index (χ0n) is 36.3. The minimum Gasteiger partial charge on any atom is -0.460 e. The number of nitrogens with zero attached hydrogens (tertiary/aromatic N) is 3.